The molecule has 1 aromatic heterocycles. The first-order valence-corrected chi connectivity index (χ1v) is 6.85. The van der Waals surface area contributed by atoms with Crippen LogP contribution in [0.25, 0.3) is 0 Å². The Morgan fingerprint density at radius 2 is 2.11 bits per heavy atom. The average molecular weight is 261 g/mol. The fourth-order valence-electron chi connectivity index (χ4n) is 1.92. The molecule has 18 heavy (non-hydrogen) atoms. The van der Waals surface area contributed by atoms with E-state index in [-0.39, 0.29) is 0 Å². The molecule has 2 rings (SSSR count). The molecule has 2 aromatic rings. The lowest BCUT2D eigenvalue weighted by molar-refractivity contribution is 0.908. The summed E-state index contributed by atoms with van der Waals surface area (Å²) in [5.41, 5.74) is 9.33. The third-order valence-electron chi connectivity index (χ3n) is 2.90. The molecule has 4 heteroatoms. The van der Waals surface area contributed by atoms with Crippen molar-refractivity contribution in [2.24, 2.45) is 5.73 Å². The molecule has 1 heterocycles. The van der Waals surface area contributed by atoms with Crippen LogP contribution in [0.1, 0.15) is 21.7 Å². The summed E-state index contributed by atoms with van der Waals surface area (Å²) in [7, 11) is 2.07. The molecule has 3 nitrogen and oxygen atoms in total. The van der Waals surface area contributed by atoms with Crippen LogP contribution in [0.3, 0.4) is 0 Å². The zero-order chi connectivity index (χ0) is 13.1. The highest BCUT2D eigenvalue weighted by atomic mass is 32.1. The third kappa shape index (κ3) is 2.89. The van der Waals surface area contributed by atoms with Gasteiger partial charge in [0.25, 0.3) is 0 Å². The van der Waals surface area contributed by atoms with E-state index in [1.165, 1.54) is 16.0 Å². The van der Waals surface area contributed by atoms with E-state index in [4.69, 9.17) is 5.73 Å². The highest BCUT2D eigenvalue weighted by Gasteiger charge is 2.10. The summed E-state index contributed by atoms with van der Waals surface area (Å²) in [5.74, 6) is 0. The Kier molecular flexibility index (Phi) is 3.99. The van der Waals surface area contributed by atoms with E-state index in [1.54, 1.807) is 11.3 Å². The molecule has 0 aliphatic carbocycles. The largest absolute Gasteiger partial charge is 0.347 e. The number of aromatic nitrogens is 1. The molecule has 96 valence electrons. The topological polar surface area (TPSA) is 42.2 Å². The Bertz CT molecular complexity index is 534. The predicted molar refractivity (Wildman–Crippen MR) is 78.0 cm³/mol. The van der Waals surface area contributed by atoms with Gasteiger partial charge in [-0.05, 0) is 19.4 Å². The maximum Gasteiger partial charge on any atom is 0.185 e. The molecule has 0 saturated heterocycles. The van der Waals surface area contributed by atoms with Gasteiger partial charge >= 0.3 is 0 Å². The van der Waals surface area contributed by atoms with Gasteiger partial charge in [-0.1, -0.05) is 29.8 Å². The minimum atomic E-state index is 0.571. The second-order valence-electron chi connectivity index (χ2n) is 4.55. The maximum atomic E-state index is 5.69. The van der Waals surface area contributed by atoms with Gasteiger partial charge < -0.3 is 10.6 Å². The lowest BCUT2D eigenvalue weighted by atomic mass is 10.1. The molecule has 2 N–H and O–H groups in total. The van der Waals surface area contributed by atoms with E-state index >= 15 is 0 Å². The summed E-state index contributed by atoms with van der Waals surface area (Å²) in [4.78, 5) is 7.90. The maximum absolute atomic E-state index is 5.69. The van der Waals surface area contributed by atoms with Gasteiger partial charge in [0.05, 0.1) is 5.69 Å². The minimum Gasteiger partial charge on any atom is -0.347 e. The Labute approximate surface area is 112 Å². The average Bonchev–Trinajstić information content (AvgIpc) is 2.70. The molecule has 0 atom stereocenters. The third-order valence-corrected chi connectivity index (χ3v) is 4.19. The summed E-state index contributed by atoms with van der Waals surface area (Å²) in [5, 5.41) is 1.04. The van der Waals surface area contributed by atoms with Crippen LogP contribution < -0.4 is 10.6 Å². The molecule has 1 aromatic carbocycles. The number of anilines is 1. The van der Waals surface area contributed by atoms with Gasteiger partial charge in [0.1, 0.15) is 0 Å². The molecule has 0 bridgehead atoms. The van der Waals surface area contributed by atoms with Crippen molar-refractivity contribution in [3.8, 4) is 0 Å². The normalized spacial score (nSPS) is 10.7. The smallest absolute Gasteiger partial charge is 0.185 e. The summed E-state index contributed by atoms with van der Waals surface area (Å²) in [6.07, 6.45) is 0. The molecular weight excluding hydrogens is 242 g/mol. The van der Waals surface area contributed by atoms with Gasteiger partial charge in [-0.3, -0.25) is 0 Å². The molecule has 0 aliphatic rings. The second-order valence-corrected chi connectivity index (χ2v) is 5.62. The summed E-state index contributed by atoms with van der Waals surface area (Å²) in [6, 6.07) is 8.56. The number of nitrogens with zero attached hydrogens (tertiary/aromatic N) is 2. The lowest BCUT2D eigenvalue weighted by Gasteiger charge is -2.15. The Hall–Kier alpha value is -1.39. The van der Waals surface area contributed by atoms with E-state index in [9.17, 15) is 0 Å². The second kappa shape index (κ2) is 5.50. The molecule has 0 spiro atoms. The van der Waals surface area contributed by atoms with Crippen molar-refractivity contribution in [1.29, 1.82) is 0 Å². The summed E-state index contributed by atoms with van der Waals surface area (Å²) in [6.45, 7) is 5.58. The predicted octanol–water partition coefficient (Wildman–Crippen LogP) is 2.86. The molecule has 0 radical (unpaired) electrons. The highest BCUT2D eigenvalue weighted by molar-refractivity contribution is 7.15. The van der Waals surface area contributed by atoms with E-state index < -0.39 is 0 Å². The standard InChI is InChI=1S/C14H19N3S/c1-10-5-4-6-12(7-10)9-17(3)14-16-11(2)13(8-15)18-14/h4-7H,8-9,15H2,1-3H3. The van der Waals surface area contributed by atoms with Crippen molar-refractivity contribution in [3.05, 3.63) is 46.0 Å². The Balaban J connectivity index is 2.13. The van der Waals surface area contributed by atoms with Crippen LogP contribution in [0.2, 0.25) is 0 Å². The SMILES string of the molecule is Cc1cccc(CN(C)c2nc(C)c(CN)s2)c1. The number of aryl methyl sites for hydroxylation is 2. The first-order chi connectivity index (χ1) is 8.60. The van der Waals surface area contributed by atoms with Gasteiger partial charge in [-0.15, -0.1) is 11.3 Å². The van der Waals surface area contributed by atoms with Crippen LogP contribution in [-0.2, 0) is 13.1 Å². The molecular formula is C14H19N3S. The van der Waals surface area contributed by atoms with E-state index in [0.29, 0.717) is 6.54 Å². The molecule has 0 aliphatic heterocycles. The van der Waals surface area contributed by atoms with Gasteiger partial charge in [0.15, 0.2) is 5.13 Å². The van der Waals surface area contributed by atoms with Crippen molar-refractivity contribution >= 4 is 16.5 Å². The van der Waals surface area contributed by atoms with Crippen molar-refractivity contribution in [3.63, 3.8) is 0 Å². The minimum absolute atomic E-state index is 0.571. The van der Waals surface area contributed by atoms with E-state index in [2.05, 4.69) is 48.1 Å². The summed E-state index contributed by atoms with van der Waals surface area (Å²) >= 11 is 1.68. The first kappa shape index (κ1) is 13.1. The first-order valence-electron chi connectivity index (χ1n) is 6.03. The zero-order valence-corrected chi connectivity index (χ0v) is 11.9. The van der Waals surface area contributed by atoms with Crippen LogP contribution in [0, 0.1) is 13.8 Å². The van der Waals surface area contributed by atoms with Gasteiger partial charge in [0, 0.05) is 25.0 Å². The number of thiazole rings is 1. The van der Waals surface area contributed by atoms with E-state index in [0.717, 1.165) is 17.4 Å². The van der Waals surface area contributed by atoms with Crippen molar-refractivity contribution in [2.75, 3.05) is 11.9 Å². The molecule has 0 amide bonds. The van der Waals surface area contributed by atoms with Crippen LogP contribution in [0.4, 0.5) is 5.13 Å². The van der Waals surface area contributed by atoms with Crippen molar-refractivity contribution in [2.45, 2.75) is 26.9 Å². The fourth-order valence-corrected chi connectivity index (χ4v) is 2.82. The quantitative estimate of drug-likeness (QED) is 0.920. The Morgan fingerprint density at radius 1 is 1.33 bits per heavy atom. The summed E-state index contributed by atoms with van der Waals surface area (Å²) < 4.78 is 0. The van der Waals surface area contributed by atoms with E-state index in [1.807, 2.05) is 6.92 Å². The van der Waals surface area contributed by atoms with Crippen molar-refractivity contribution < 1.29 is 0 Å². The van der Waals surface area contributed by atoms with Crippen LogP contribution in [-0.4, -0.2) is 12.0 Å². The number of rotatable bonds is 4. The number of hydrogen-bond donors (Lipinski definition) is 1. The molecule has 0 saturated carbocycles. The monoisotopic (exact) mass is 261 g/mol. The van der Waals surface area contributed by atoms with Crippen LogP contribution in [0.5, 0.6) is 0 Å². The van der Waals surface area contributed by atoms with Crippen LogP contribution in [0.15, 0.2) is 24.3 Å². The molecule has 0 fully saturated rings. The van der Waals surface area contributed by atoms with Gasteiger partial charge in [-0.25, -0.2) is 4.98 Å². The van der Waals surface area contributed by atoms with Crippen molar-refractivity contribution in [1.82, 2.24) is 4.98 Å². The van der Waals surface area contributed by atoms with Gasteiger partial charge in [-0.2, -0.15) is 0 Å². The Morgan fingerprint density at radius 3 is 2.72 bits per heavy atom. The van der Waals surface area contributed by atoms with Gasteiger partial charge in [0.2, 0.25) is 0 Å². The molecule has 0 unspecified atom stereocenters. The zero-order valence-electron chi connectivity index (χ0n) is 11.1. The highest BCUT2D eigenvalue weighted by Crippen LogP contribution is 2.25. The number of benzene rings is 1. The fraction of sp³-hybridized carbons (Fsp3) is 0.357. The van der Waals surface area contributed by atoms with Crippen LogP contribution >= 0.6 is 11.3 Å². The number of hydrogen-bond acceptors (Lipinski definition) is 4. The number of nitrogens with two attached hydrogens (primary N) is 1. The lowest BCUT2D eigenvalue weighted by Crippen LogP contribution is -2.16.